The van der Waals surface area contributed by atoms with Gasteiger partial charge in [0, 0.05) is 10.6 Å². The zero-order chi connectivity index (χ0) is 19.4. The summed E-state index contributed by atoms with van der Waals surface area (Å²) >= 11 is 5.69. The topological polar surface area (TPSA) is 72.2 Å². The van der Waals surface area contributed by atoms with Gasteiger partial charge in [-0.3, -0.25) is 0 Å². The number of hydroxylamine groups is 1. The van der Waals surface area contributed by atoms with Crippen molar-refractivity contribution in [3.63, 3.8) is 0 Å². The van der Waals surface area contributed by atoms with Crippen LogP contribution in [0.1, 0.15) is 11.1 Å². The first-order valence-corrected chi connectivity index (χ1v) is 9.15. The van der Waals surface area contributed by atoms with Crippen molar-refractivity contribution in [2.45, 2.75) is 11.1 Å². The smallest absolute Gasteiger partial charge is 0.416 e. The number of halogens is 4. The molecular weight excluding hydrogens is 393 g/mol. The van der Waals surface area contributed by atoms with E-state index in [4.69, 9.17) is 11.6 Å². The summed E-state index contributed by atoms with van der Waals surface area (Å²) in [7, 11) is -3.78. The van der Waals surface area contributed by atoms with Crippen LogP contribution < -0.4 is 4.72 Å². The van der Waals surface area contributed by atoms with Crippen LogP contribution in [0.4, 0.5) is 13.2 Å². The molecule has 5 nitrogen and oxygen atoms in total. The van der Waals surface area contributed by atoms with Crippen molar-refractivity contribution in [3.8, 4) is 0 Å². The minimum Gasteiger partial charge on any atom is -0.624 e. The average Bonchev–Trinajstić information content (AvgIpc) is 2.54. The van der Waals surface area contributed by atoms with Crippen LogP contribution >= 0.6 is 11.6 Å². The van der Waals surface area contributed by atoms with Gasteiger partial charge in [-0.15, -0.1) is 0 Å². The number of hydrogen-bond acceptors (Lipinski definition) is 3. The largest absolute Gasteiger partial charge is 0.624 e. The minimum absolute atomic E-state index is 0.00562. The Morgan fingerprint density at radius 1 is 1.08 bits per heavy atom. The third-order valence-corrected chi connectivity index (χ3v) is 5.01. The molecule has 2 aromatic rings. The molecule has 0 bridgehead atoms. The average molecular weight is 407 g/mol. The third-order valence-electron chi connectivity index (χ3n) is 3.28. The maximum absolute atomic E-state index is 12.5. The van der Waals surface area contributed by atoms with Gasteiger partial charge < -0.3 is 5.21 Å². The van der Waals surface area contributed by atoms with Crippen molar-refractivity contribution < 1.29 is 26.3 Å². The lowest BCUT2D eigenvalue weighted by Gasteiger charge is -2.08. The molecule has 0 saturated carbocycles. The van der Waals surface area contributed by atoms with Gasteiger partial charge in [0.25, 0.3) is 0 Å². The third kappa shape index (κ3) is 5.72. The Hall–Kier alpha value is -2.10. The molecule has 0 aliphatic carbocycles. The summed E-state index contributed by atoms with van der Waals surface area (Å²) in [5.41, 5.74) is -0.545. The zero-order valence-corrected chi connectivity index (χ0v) is 14.8. The Balaban J connectivity index is 1.94. The highest BCUT2D eigenvalue weighted by Crippen LogP contribution is 2.28. The molecule has 0 fully saturated rings. The maximum Gasteiger partial charge on any atom is 0.416 e. The minimum atomic E-state index is -4.45. The van der Waals surface area contributed by atoms with Crippen LogP contribution in [0.3, 0.4) is 0 Å². The second kappa shape index (κ2) is 8.07. The normalized spacial score (nSPS) is 13.0. The van der Waals surface area contributed by atoms with Crippen LogP contribution in [-0.2, 0) is 16.2 Å². The fourth-order valence-corrected chi connectivity index (χ4v) is 3.12. The molecule has 0 aliphatic rings. The fourth-order valence-electron chi connectivity index (χ4n) is 1.98. The van der Waals surface area contributed by atoms with Crippen LogP contribution in [0, 0.1) is 5.21 Å². The molecule has 10 heteroatoms. The number of rotatable bonds is 6. The Bertz CT molecular complexity index is 880. The van der Waals surface area contributed by atoms with E-state index in [1.165, 1.54) is 24.3 Å². The van der Waals surface area contributed by atoms with Gasteiger partial charge in [-0.25, -0.2) is 17.9 Å². The van der Waals surface area contributed by atoms with Crippen LogP contribution in [0.2, 0.25) is 5.02 Å². The van der Waals surface area contributed by atoms with Gasteiger partial charge in [0.15, 0.2) is 12.8 Å². The monoisotopic (exact) mass is 406 g/mol. The van der Waals surface area contributed by atoms with Crippen LogP contribution in [0.15, 0.2) is 53.4 Å². The Labute approximate surface area is 153 Å². The molecule has 0 aromatic heterocycles. The maximum atomic E-state index is 12.5. The summed E-state index contributed by atoms with van der Waals surface area (Å²) in [5.74, 6) is 0. The lowest BCUT2D eigenvalue weighted by atomic mass is 10.1. The first-order valence-electron chi connectivity index (χ1n) is 7.29. The Morgan fingerprint density at radius 2 is 1.65 bits per heavy atom. The number of nitrogens with one attached hydrogen (secondary N) is 1. The molecule has 0 radical (unpaired) electrons. The van der Waals surface area contributed by atoms with E-state index in [0.29, 0.717) is 9.76 Å². The van der Waals surface area contributed by atoms with Gasteiger partial charge in [0.05, 0.1) is 17.0 Å². The van der Waals surface area contributed by atoms with E-state index >= 15 is 0 Å². The first kappa shape index (κ1) is 20.2. The highest BCUT2D eigenvalue weighted by molar-refractivity contribution is 7.89. The number of nitrogens with zero attached hydrogens (tertiary/aromatic N) is 1. The molecule has 0 aliphatic heterocycles. The predicted octanol–water partition coefficient (Wildman–Crippen LogP) is 3.27. The van der Waals surface area contributed by atoms with Crippen molar-refractivity contribution in [1.82, 2.24) is 4.72 Å². The van der Waals surface area contributed by atoms with E-state index in [-0.39, 0.29) is 23.5 Å². The lowest BCUT2D eigenvalue weighted by Crippen LogP contribution is -2.29. The van der Waals surface area contributed by atoms with E-state index in [0.717, 1.165) is 30.5 Å². The van der Waals surface area contributed by atoms with Crippen molar-refractivity contribution >= 4 is 27.8 Å². The van der Waals surface area contributed by atoms with Gasteiger partial charge in [0.1, 0.15) is 0 Å². The summed E-state index contributed by atoms with van der Waals surface area (Å²) in [5, 5.41) is 12.1. The molecule has 0 unspecified atom stereocenters. The molecule has 0 saturated heterocycles. The molecular formula is C16H14ClF3N2O3S. The lowest BCUT2D eigenvalue weighted by molar-refractivity contribution is -0.449. The zero-order valence-electron chi connectivity index (χ0n) is 13.2. The van der Waals surface area contributed by atoms with E-state index in [1.54, 1.807) is 0 Å². The van der Waals surface area contributed by atoms with Crippen LogP contribution in [0.25, 0.3) is 0 Å². The second-order valence-corrected chi connectivity index (χ2v) is 7.44. The van der Waals surface area contributed by atoms with Gasteiger partial charge in [-0.2, -0.15) is 13.2 Å². The summed E-state index contributed by atoms with van der Waals surface area (Å²) in [4.78, 5) is 0.00562. The fraction of sp³-hybridized carbons (Fsp3) is 0.188. The predicted molar refractivity (Wildman–Crippen MR) is 91.7 cm³/mol. The van der Waals surface area contributed by atoms with Crippen molar-refractivity contribution in [3.05, 3.63) is 69.9 Å². The highest BCUT2D eigenvalue weighted by atomic mass is 35.5. The number of benzene rings is 2. The summed E-state index contributed by atoms with van der Waals surface area (Å²) < 4.78 is 64.1. The molecule has 0 amide bonds. The van der Waals surface area contributed by atoms with Crippen molar-refractivity contribution in [2.24, 2.45) is 0 Å². The van der Waals surface area contributed by atoms with E-state index in [1.807, 2.05) is 0 Å². The Morgan fingerprint density at radius 3 is 2.19 bits per heavy atom. The molecule has 0 spiro atoms. The van der Waals surface area contributed by atoms with E-state index in [2.05, 4.69) is 4.72 Å². The van der Waals surface area contributed by atoms with Crippen molar-refractivity contribution in [1.29, 1.82) is 0 Å². The Kier molecular flexibility index (Phi) is 6.27. The van der Waals surface area contributed by atoms with E-state index < -0.39 is 21.8 Å². The summed E-state index contributed by atoms with van der Waals surface area (Å²) in [6, 6.07) is 9.55. The quantitative estimate of drug-likeness (QED) is 0.346. The summed E-state index contributed by atoms with van der Waals surface area (Å²) in [6.45, 7) is -0.389. The molecule has 0 heterocycles. The molecule has 0 atom stereocenters. The number of hydrogen-bond donors (Lipinski definition) is 1. The molecule has 2 aromatic carbocycles. The first-order chi connectivity index (χ1) is 12.1. The van der Waals surface area contributed by atoms with E-state index in [9.17, 15) is 26.8 Å². The van der Waals surface area contributed by atoms with Gasteiger partial charge in [0.2, 0.25) is 10.0 Å². The standard InChI is InChI=1S/C16H14ClF3N2O3S/c17-14-5-7-15(8-6-14)26(24,25)21-9-10-22(23)11-12-1-3-13(4-2-12)16(18,19)20/h1-8,11,21H,9-10H2/b22-11-. The number of sulfonamides is 1. The van der Waals surface area contributed by atoms with Crippen LogP contribution in [0.5, 0.6) is 0 Å². The van der Waals surface area contributed by atoms with Gasteiger partial charge >= 0.3 is 6.18 Å². The number of alkyl halides is 3. The molecule has 2 rings (SSSR count). The molecule has 26 heavy (non-hydrogen) atoms. The highest BCUT2D eigenvalue weighted by Gasteiger charge is 2.29. The second-order valence-electron chi connectivity index (χ2n) is 5.24. The summed E-state index contributed by atoms with van der Waals surface area (Å²) in [6.07, 6.45) is -3.37. The van der Waals surface area contributed by atoms with Gasteiger partial charge in [-0.05, 0) is 48.5 Å². The van der Waals surface area contributed by atoms with Crippen molar-refractivity contribution in [2.75, 3.05) is 13.1 Å². The SMILES string of the molecule is O=S(=O)(NCC/[N+]([O-])=C/c1ccc(C(F)(F)F)cc1)c1ccc(Cl)cc1. The molecule has 1 N–H and O–H groups in total. The molecule has 140 valence electrons. The van der Waals surface area contributed by atoms with Gasteiger partial charge in [-0.1, -0.05) is 11.6 Å². The van der Waals surface area contributed by atoms with Crippen LogP contribution in [-0.4, -0.2) is 32.5 Å².